The number of benzene rings is 5. The third kappa shape index (κ3) is 5.89. The lowest BCUT2D eigenvalue weighted by Crippen LogP contribution is -2.40. The number of fused-ring (bicyclic) bond motifs is 8. The summed E-state index contributed by atoms with van der Waals surface area (Å²) < 4.78 is 9.42. The summed E-state index contributed by atoms with van der Waals surface area (Å²) in [5.41, 5.74) is 10.5. The summed E-state index contributed by atoms with van der Waals surface area (Å²) in [5, 5.41) is 8.16. The van der Waals surface area contributed by atoms with Gasteiger partial charge in [-0.3, -0.25) is 0 Å². The summed E-state index contributed by atoms with van der Waals surface area (Å²) in [6.07, 6.45) is 31.3. The number of thiophene rings is 1. The molecule has 2 heterocycles. The molecule has 0 bridgehead atoms. The summed E-state index contributed by atoms with van der Waals surface area (Å²) in [5.74, 6) is 3.01. The molecule has 0 amide bonds. The minimum Gasteiger partial charge on any atom is -0.464 e. The smallest absolute Gasteiger partial charge is 0.119 e. The van der Waals surface area contributed by atoms with Crippen molar-refractivity contribution in [2.75, 3.05) is 4.90 Å². The second-order valence-electron chi connectivity index (χ2n) is 16.8. The zero-order valence-electron chi connectivity index (χ0n) is 33.1. The predicted molar refractivity (Wildman–Crippen MR) is 249 cm³/mol. The lowest BCUT2D eigenvalue weighted by atomic mass is 9.84. The van der Waals surface area contributed by atoms with Crippen LogP contribution in [0.25, 0.3) is 61.5 Å². The molecule has 3 unspecified atom stereocenters. The Morgan fingerprint density at radius 3 is 2.42 bits per heavy atom. The standard InChI is InChI=1S/C56H45NOS/c1-2-11-37(12-3-1)46-17-9-19-49-50-20-10-21-52(56(50)59-55(46)49)57(43-33-29-39(30-34-43)45-16-8-18-48-47-15-6-7-22-53(47)58-54(45)48)42-31-27-36(28-32-42)41-26-25-40-24-23-38-13-4-5-14-44(38)51(40)35-41/h1-6,8-9,11-17,19-20,23-25,27-31,33-35,41-42,48H,7,10,18,21-22,26,32H2. The first-order chi connectivity index (χ1) is 29.2. The topological polar surface area (TPSA) is 12.5 Å². The van der Waals surface area contributed by atoms with Crippen LogP contribution in [0.4, 0.5) is 5.69 Å². The number of hydrogen-bond acceptors (Lipinski definition) is 3. The van der Waals surface area contributed by atoms with E-state index in [4.69, 9.17) is 4.74 Å². The van der Waals surface area contributed by atoms with Crippen molar-refractivity contribution in [3.8, 4) is 11.1 Å². The van der Waals surface area contributed by atoms with E-state index in [1.165, 1.54) is 91.6 Å². The van der Waals surface area contributed by atoms with Gasteiger partial charge in [-0.05, 0) is 99.3 Å². The summed E-state index contributed by atoms with van der Waals surface area (Å²) in [4.78, 5) is 2.69. The first kappa shape index (κ1) is 34.8. The van der Waals surface area contributed by atoms with Gasteiger partial charge in [0, 0.05) is 50.9 Å². The molecule has 0 radical (unpaired) electrons. The van der Waals surface area contributed by atoms with Crippen molar-refractivity contribution in [1.82, 2.24) is 0 Å². The van der Waals surface area contributed by atoms with Crippen molar-refractivity contribution >= 4 is 67.4 Å². The van der Waals surface area contributed by atoms with Crippen molar-refractivity contribution < 1.29 is 4.74 Å². The van der Waals surface area contributed by atoms with Crippen LogP contribution in [0.1, 0.15) is 50.5 Å². The molecule has 2 nitrogen and oxygen atoms in total. The van der Waals surface area contributed by atoms with Crippen LogP contribution >= 0.6 is 11.3 Å². The quantitative estimate of drug-likeness (QED) is 0.167. The van der Waals surface area contributed by atoms with E-state index in [0.717, 1.165) is 50.7 Å². The van der Waals surface area contributed by atoms with Gasteiger partial charge in [-0.1, -0.05) is 158 Å². The van der Waals surface area contributed by atoms with Crippen molar-refractivity contribution in [2.24, 2.45) is 11.8 Å². The molecular formula is C56H45NOS. The van der Waals surface area contributed by atoms with Gasteiger partial charge in [0.2, 0.25) is 0 Å². The molecule has 3 atom stereocenters. The van der Waals surface area contributed by atoms with Crippen LogP contribution in [0.2, 0.25) is 0 Å². The largest absolute Gasteiger partial charge is 0.464 e. The van der Waals surface area contributed by atoms with E-state index in [2.05, 4.69) is 175 Å². The maximum atomic E-state index is 6.63. The summed E-state index contributed by atoms with van der Waals surface area (Å²) in [6, 6.07) is 40.8. The zero-order chi connectivity index (χ0) is 38.9. The lowest BCUT2D eigenvalue weighted by molar-refractivity contribution is 0.294. The summed E-state index contributed by atoms with van der Waals surface area (Å²) in [7, 11) is 0. The van der Waals surface area contributed by atoms with Crippen LogP contribution < -0.4 is 25.1 Å². The molecular weight excluding hydrogens is 735 g/mol. The fourth-order valence-electron chi connectivity index (χ4n) is 10.5. The SMILES string of the molecule is C1=CC2=C(CC1)OC1=C(c3ccc(N(C4=c5sc6c(-c7ccccc7)cccc6c5=CCC4)C4C=CC(C5C=c6c(ccc7ccccc67)=CC5)=CC4)cc3)C=CCC21. The van der Waals surface area contributed by atoms with Gasteiger partial charge < -0.3 is 9.64 Å². The molecule has 1 aromatic heterocycles. The Labute approximate surface area is 349 Å². The number of anilines is 1. The van der Waals surface area contributed by atoms with E-state index in [1.54, 1.807) is 0 Å². The van der Waals surface area contributed by atoms with Gasteiger partial charge in [-0.2, -0.15) is 0 Å². The molecule has 0 fully saturated rings. The molecule has 59 heavy (non-hydrogen) atoms. The normalized spacial score (nSPS) is 21.5. The Bertz CT molecular complexity index is 3170. The molecule has 0 saturated carbocycles. The summed E-state index contributed by atoms with van der Waals surface area (Å²) in [6.45, 7) is 0. The van der Waals surface area contributed by atoms with E-state index in [-0.39, 0.29) is 6.04 Å². The van der Waals surface area contributed by atoms with Crippen molar-refractivity contribution in [2.45, 2.75) is 51.0 Å². The van der Waals surface area contributed by atoms with Crippen LogP contribution in [-0.4, -0.2) is 6.04 Å². The highest BCUT2D eigenvalue weighted by Crippen LogP contribution is 2.47. The minimum atomic E-state index is 0.201. The van der Waals surface area contributed by atoms with Gasteiger partial charge in [0.15, 0.2) is 0 Å². The molecule has 0 N–H and O–H groups in total. The number of hydrogen-bond donors (Lipinski definition) is 0. The van der Waals surface area contributed by atoms with Gasteiger partial charge in [-0.15, -0.1) is 11.3 Å². The second-order valence-corrected chi connectivity index (χ2v) is 17.8. The maximum absolute atomic E-state index is 6.63. The van der Waals surface area contributed by atoms with E-state index in [1.807, 2.05) is 11.3 Å². The number of ether oxygens (including phenoxy) is 1. The van der Waals surface area contributed by atoms with Crippen molar-refractivity contribution in [3.63, 3.8) is 0 Å². The minimum absolute atomic E-state index is 0.201. The van der Waals surface area contributed by atoms with Crippen LogP contribution in [0.15, 0.2) is 174 Å². The van der Waals surface area contributed by atoms with Crippen LogP contribution in [0, 0.1) is 11.8 Å². The van der Waals surface area contributed by atoms with E-state index >= 15 is 0 Å². The molecule has 6 aliphatic rings. The average Bonchev–Trinajstić information content (AvgIpc) is 3.89. The fourth-order valence-corrected chi connectivity index (χ4v) is 11.9. The molecule has 6 aromatic rings. The first-order valence-corrected chi connectivity index (χ1v) is 22.3. The van der Waals surface area contributed by atoms with Crippen molar-refractivity contribution in [3.05, 3.63) is 200 Å². The van der Waals surface area contributed by atoms with Gasteiger partial charge in [-0.25, -0.2) is 0 Å². The lowest BCUT2D eigenvalue weighted by Gasteiger charge is -2.36. The van der Waals surface area contributed by atoms with E-state index in [9.17, 15) is 0 Å². The first-order valence-electron chi connectivity index (χ1n) is 21.5. The van der Waals surface area contributed by atoms with Crippen LogP contribution in [0.5, 0.6) is 0 Å². The zero-order valence-corrected chi connectivity index (χ0v) is 33.9. The predicted octanol–water partition coefficient (Wildman–Crippen LogP) is 11.4. The Morgan fingerprint density at radius 2 is 1.53 bits per heavy atom. The van der Waals surface area contributed by atoms with Gasteiger partial charge >= 0.3 is 0 Å². The molecule has 3 heteroatoms. The highest BCUT2D eigenvalue weighted by molar-refractivity contribution is 7.17. The highest BCUT2D eigenvalue weighted by atomic mass is 32.1. The number of nitrogens with zero attached hydrogens (tertiary/aromatic N) is 1. The molecule has 286 valence electrons. The number of allylic oxidation sites excluding steroid dienone is 9. The molecule has 5 aliphatic carbocycles. The van der Waals surface area contributed by atoms with Gasteiger partial charge in [0.1, 0.15) is 11.5 Å². The fraction of sp³-hybridized carbons (Fsp3) is 0.179. The molecule has 0 spiro atoms. The van der Waals surface area contributed by atoms with Crippen LogP contribution in [0.3, 0.4) is 0 Å². The third-order valence-electron chi connectivity index (χ3n) is 13.4. The Hall–Kier alpha value is -6.16. The Morgan fingerprint density at radius 1 is 0.644 bits per heavy atom. The highest BCUT2D eigenvalue weighted by Gasteiger charge is 2.35. The van der Waals surface area contributed by atoms with Gasteiger partial charge in [0.05, 0.1) is 10.6 Å². The van der Waals surface area contributed by atoms with Crippen LogP contribution in [-0.2, 0) is 4.74 Å². The van der Waals surface area contributed by atoms with Gasteiger partial charge in [0.25, 0.3) is 0 Å². The number of rotatable bonds is 6. The monoisotopic (exact) mass is 779 g/mol. The average molecular weight is 780 g/mol. The summed E-state index contributed by atoms with van der Waals surface area (Å²) >= 11 is 1.98. The second kappa shape index (κ2) is 14.3. The third-order valence-corrected chi connectivity index (χ3v) is 14.7. The van der Waals surface area contributed by atoms with E-state index in [0.29, 0.717) is 11.8 Å². The Balaban J connectivity index is 0.952. The van der Waals surface area contributed by atoms with Crippen molar-refractivity contribution in [1.29, 1.82) is 0 Å². The molecule has 5 aromatic carbocycles. The molecule has 12 rings (SSSR count). The molecule has 1 aliphatic heterocycles. The maximum Gasteiger partial charge on any atom is 0.119 e. The Kier molecular flexibility index (Phi) is 8.44. The molecule has 0 saturated heterocycles. The van der Waals surface area contributed by atoms with E-state index < -0.39 is 0 Å².